The molecule has 0 fully saturated rings. The molecule has 8 N–H and O–H groups in total. The number of esters is 1. The third-order valence-corrected chi connectivity index (χ3v) is 6.61. The summed E-state index contributed by atoms with van der Waals surface area (Å²) in [6, 6.07) is 11.1. The van der Waals surface area contributed by atoms with Crippen molar-refractivity contribution in [2.45, 2.75) is 31.7 Å². The van der Waals surface area contributed by atoms with Crippen molar-refractivity contribution >= 4 is 57.3 Å². The summed E-state index contributed by atoms with van der Waals surface area (Å²) in [4.78, 5) is 49.0. The molecule has 14 heteroatoms. The highest BCUT2D eigenvalue weighted by Crippen LogP contribution is 2.24. The molecule has 0 spiro atoms. The number of rotatable bonds is 10. The zero-order chi connectivity index (χ0) is 28.9. The first-order chi connectivity index (χ1) is 19.8. The average molecular weight is 557 g/mol. The van der Waals surface area contributed by atoms with E-state index in [-0.39, 0.29) is 24.7 Å². The van der Waals surface area contributed by atoms with Crippen LogP contribution in [0.4, 0.5) is 17.5 Å². The van der Waals surface area contributed by atoms with Gasteiger partial charge in [0.1, 0.15) is 28.5 Å². The second-order valence-electron chi connectivity index (χ2n) is 9.36. The average Bonchev–Trinajstić information content (AvgIpc) is 3.60. The van der Waals surface area contributed by atoms with Crippen LogP contribution in [0.1, 0.15) is 34.3 Å². The number of hydrogen-bond acceptors (Lipinski definition) is 10. The molecule has 2 aromatic carbocycles. The number of aromatic amines is 2. The number of nitrogens with zero attached hydrogens (tertiary/aromatic N) is 4. The standard InChI is InChI=1S/C27H28N10O4/c1-41-26(40)19(10-11-21(38)31-17-8-9-18-20(12-17)36-37-35-18)32-25(39)15-5-2-14(3-6-15)4-7-16-13-30-24-22(16)23(28)33-27(29)34-24/h2-3,5-6,8-9,12-13,19H,4,7,10-11H2,1H3,(H,31,38)(H,32,39)(H,35,36,37)(H5,28,29,30,33,34)/t19-/m0/s1. The van der Waals surface area contributed by atoms with E-state index >= 15 is 0 Å². The quantitative estimate of drug-likeness (QED) is 0.137. The van der Waals surface area contributed by atoms with Crippen molar-refractivity contribution in [2.24, 2.45) is 0 Å². The topological polar surface area (TPSA) is 220 Å². The Bertz CT molecular complexity index is 1730. The van der Waals surface area contributed by atoms with Crippen LogP contribution in [0.2, 0.25) is 0 Å². The smallest absolute Gasteiger partial charge is 0.328 e. The number of amides is 2. The van der Waals surface area contributed by atoms with Crippen LogP contribution in [0.15, 0.2) is 48.7 Å². The lowest BCUT2D eigenvalue weighted by molar-refractivity contribution is -0.143. The number of ether oxygens (including phenoxy) is 1. The van der Waals surface area contributed by atoms with Crippen molar-refractivity contribution in [1.29, 1.82) is 0 Å². The monoisotopic (exact) mass is 556 g/mol. The van der Waals surface area contributed by atoms with E-state index in [2.05, 4.69) is 41.0 Å². The van der Waals surface area contributed by atoms with Crippen molar-refractivity contribution in [3.63, 3.8) is 0 Å². The van der Waals surface area contributed by atoms with Crippen LogP contribution >= 0.6 is 0 Å². The van der Waals surface area contributed by atoms with Crippen LogP contribution < -0.4 is 22.1 Å². The molecule has 5 aromatic rings. The summed E-state index contributed by atoms with van der Waals surface area (Å²) in [6.45, 7) is 0. The van der Waals surface area contributed by atoms with Gasteiger partial charge in [0.05, 0.1) is 12.5 Å². The summed E-state index contributed by atoms with van der Waals surface area (Å²) in [5, 5.41) is 16.6. The molecular weight excluding hydrogens is 528 g/mol. The van der Waals surface area contributed by atoms with Gasteiger partial charge in [0.25, 0.3) is 5.91 Å². The van der Waals surface area contributed by atoms with Gasteiger partial charge >= 0.3 is 5.97 Å². The number of nitrogen functional groups attached to an aromatic ring is 2. The van der Waals surface area contributed by atoms with E-state index < -0.39 is 17.9 Å². The fraction of sp³-hybridized carbons (Fsp3) is 0.222. The highest BCUT2D eigenvalue weighted by molar-refractivity contribution is 5.97. The number of methoxy groups -OCH3 is 1. The number of nitrogens with one attached hydrogen (secondary N) is 4. The van der Waals surface area contributed by atoms with Gasteiger partial charge in [0.2, 0.25) is 11.9 Å². The summed E-state index contributed by atoms with van der Waals surface area (Å²) in [5.74, 6) is -0.997. The number of aromatic nitrogens is 6. The van der Waals surface area contributed by atoms with E-state index in [0.29, 0.717) is 46.6 Å². The van der Waals surface area contributed by atoms with E-state index in [1.165, 1.54) is 7.11 Å². The Morgan fingerprint density at radius 2 is 1.78 bits per heavy atom. The minimum Gasteiger partial charge on any atom is -0.467 e. The molecule has 0 saturated carbocycles. The molecule has 3 aromatic heterocycles. The normalized spacial score (nSPS) is 11.8. The van der Waals surface area contributed by atoms with E-state index in [4.69, 9.17) is 16.2 Å². The van der Waals surface area contributed by atoms with Gasteiger partial charge in [-0.2, -0.15) is 25.4 Å². The van der Waals surface area contributed by atoms with Gasteiger partial charge in [-0.1, -0.05) is 12.1 Å². The van der Waals surface area contributed by atoms with E-state index in [1.807, 2.05) is 18.3 Å². The molecule has 0 aliphatic carbocycles. The second kappa shape index (κ2) is 11.7. The number of aryl methyl sites for hydroxylation is 2. The number of benzene rings is 2. The predicted molar refractivity (Wildman–Crippen MR) is 152 cm³/mol. The maximum absolute atomic E-state index is 12.9. The molecule has 41 heavy (non-hydrogen) atoms. The van der Waals surface area contributed by atoms with Gasteiger partial charge in [0.15, 0.2) is 0 Å². The molecule has 0 saturated heterocycles. The van der Waals surface area contributed by atoms with Gasteiger partial charge in [-0.15, -0.1) is 0 Å². The van der Waals surface area contributed by atoms with Crippen molar-refractivity contribution in [2.75, 3.05) is 23.9 Å². The molecule has 3 heterocycles. The van der Waals surface area contributed by atoms with Crippen LogP contribution in [0.25, 0.3) is 22.1 Å². The number of fused-ring (bicyclic) bond motifs is 2. The molecule has 5 rings (SSSR count). The first-order valence-corrected chi connectivity index (χ1v) is 12.8. The van der Waals surface area contributed by atoms with Crippen molar-refractivity contribution in [1.82, 2.24) is 35.7 Å². The third kappa shape index (κ3) is 6.21. The van der Waals surface area contributed by atoms with E-state index in [9.17, 15) is 14.4 Å². The molecule has 0 aliphatic heterocycles. The lowest BCUT2D eigenvalue weighted by Crippen LogP contribution is -2.42. The SMILES string of the molecule is COC(=O)[C@H](CCC(=O)Nc1ccc2n[nH]nc2c1)NC(=O)c1ccc(CCc2c[nH]c3nc(N)nc(N)c23)cc1. The summed E-state index contributed by atoms with van der Waals surface area (Å²) in [7, 11) is 1.23. The Kier molecular flexibility index (Phi) is 7.71. The van der Waals surface area contributed by atoms with Crippen LogP contribution in [0.5, 0.6) is 0 Å². The fourth-order valence-electron chi connectivity index (χ4n) is 4.49. The Balaban J connectivity index is 1.16. The molecular formula is C27H28N10O4. The maximum atomic E-state index is 12.9. The van der Waals surface area contributed by atoms with Crippen molar-refractivity contribution < 1.29 is 19.1 Å². The van der Waals surface area contributed by atoms with Gasteiger partial charge in [0, 0.05) is 23.9 Å². The highest BCUT2D eigenvalue weighted by atomic mass is 16.5. The number of carbonyl (C=O) groups is 3. The first kappa shape index (κ1) is 27.1. The molecule has 210 valence electrons. The minimum atomic E-state index is -1.00. The molecule has 0 bridgehead atoms. The van der Waals surface area contributed by atoms with Crippen LogP contribution in [-0.4, -0.2) is 61.3 Å². The Morgan fingerprint density at radius 3 is 2.56 bits per heavy atom. The first-order valence-electron chi connectivity index (χ1n) is 12.8. The zero-order valence-corrected chi connectivity index (χ0v) is 22.1. The number of hydrogen-bond donors (Lipinski definition) is 6. The lowest BCUT2D eigenvalue weighted by Gasteiger charge is -2.16. The number of nitrogens with two attached hydrogens (primary N) is 2. The molecule has 1 atom stereocenters. The number of H-pyrrole nitrogens is 2. The van der Waals surface area contributed by atoms with Crippen LogP contribution in [0, 0.1) is 0 Å². The largest absolute Gasteiger partial charge is 0.467 e. The summed E-state index contributed by atoms with van der Waals surface area (Å²) >= 11 is 0. The summed E-state index contributed by atoms with van der Waals surface area (Å²) < 4.78 is 4.84. The van der Waals surface area contributed by atoms with Crippen LogP contribution in [0.3, 0.4) is 0 Å². The molecule has 0 radical (unpaired) electrons. The van der Waals surface area contributed by atoms with E-state index in [1.54, 1.807) is 30.3 Å². The number of anilines is 3. The predicted octanol–water partition coefficient (Wildman–Crippen LogP) is 1.87. The summed E-state index contributed by atoms with van der Waals surface area (Å²) in [5.41, 5.74) is 16.4. The fourth-order valence-corrected chi connectivity index (χ4v) is 4.49. The molecule has 0 unspecified atom stereocenters. The molecule has 14 nitrogen and oxygen atoms in total. The highest BCUT2D eigenvalue weighted by Gasteiger charge is 2.23. The van der Waals surface area contributed by atoms with Gasteiger partial charge < -0.3 is 31.8 Å². The third-order valence-electron chi connectivity index (χ3n) is 6.61. The Labute approximate surface area is 233 Å². The van der Waals surface area contributed by atoms with Crippen molar-refractivity contribution in [3.05, 3.63) is 65.4 Å². The van der Waals surface area contributed by atoms with Gasteiger partial charge in [-0.3, -0.25) is 9.59 Å². The molecule has 0 aliphatic rings. The zero-order valence-electron chi connectivity index (χ0n) is 22.1. The van der Waals surface area contributed by atoms with Crippen molar-refractivity contribution in [3.8, 4) is 0 Å². The molecule has 2 amide bonds. The lowest BCUT2D eigenvalue weighted by atomic mass is 10.0. The Hall–Kier alpha value is -5.53. The maximum Gasteiger partial charge on any atom is 0.328 e. The summed E-state index contributed by atoms with van der Waals surface area (Å²) in [6.07, 6.45) is 3.22. The van der Waals surface area contributed by atoms with Gasteiger partial charge in [-0.25, -0.2) is 4.79 Å². The second-order valence-corrected chi connectivity index (χ2v) is 9.36. The van der Waals surface area contributed by atoms with Gasteiger partial charge in [-0.05, 0) is 60.7 Å². The van der Waals surface area contributed by atoms with E-state index in [0.717, 1.165) is 16.5 Å². The van der Waals surface area contributed by atoms with Crippen LogP contribution in [-0.2, 0) is 27.2 Å². The Morgan fingerprint density at radius 1 is 1.00 bits per heavy atom. The minimum absolute atomic E-state index is 0.0220. The number of carbonyl (C=O) groups excluding carboxylic acids is 3.